The van der Waals surface area contributed by atoms with E-state index in [0.717, 1.165) is 49.3 Å². The van der Waals surface area contributed by atoms with Crippen molar-refractivity contribution in [3.8, 4) is 5.75 Å². The second kappa shape index (κ2) is 8.94. The smallest absolute Gasteiger partial charge is 0.132 e. The van der Waals surface area contributed by atoms with Crippen molar-refractivity contribution >= 4 is 11.5 Å². The zero-order valence-electron chi connectivity index (χ0n) is 17.0. The minimum Gasteiger partial charge on any atom is -0.491 e. The molecule has 8 nitrogen and oxygen atoms in total. The Bertz CT molecular complexity index is 821. The highest BCUT2D eigenvalue weighted by Gasteiger charge is 2.31. The average molecular weight is 399 g/mol. The van der Waals surface area contributed by atoms with Crippen LogP contribution in [0.4, 0.5) is 11.5 Å². The summed E-state index contributed by atoms with van der Waals surface area (Å²) in [6.07, 6.45) is 4.29. The molecule has 0 spiro atoms. The fraction of sp³-hybridized carbons (Fsp3) is 0.524. The van der Waals surface area contributed by atoms with Gasteiger partial charge in [0.15, 0.2) is 0 Å². The van der Waals surface area contributed by atoms with Gasteiger partial charge in [0, 0.05) is 56.6 Å². The molecule has 2 heterocycles. The molecule has 4 N–H and O–H groups in total. The predicted molar refractivity (Wildman–Crippen MR) is 113 cm³/mol. The molecule has 1 aromatic carbocycles. The summed E-state index contributed by atoms with van der Waals surface area (Å²) in [7, 11) is 1.65. The van der Waals surface area contributed by atoms with E-state index >= 15 is 0 Å². The van der Waals surface area contributed by atoms with Gasteiger partial charge in [-0.05, 0) is 31.0 Å². The van der Waals surface area contributed by atoms with Gasteiger partial charge in [-0.3, -0.25) is 4.90 Å². The molecule has 2 aliphatic rings. The number of nitrogens with zero attached hydrogens (tertiary/aromatic N) is 4. The molecule has 2 fully saturated rings. The highest BCUT2D eigenvalue weighted by Crippen LogP contribution is 2.30. The minimum absolute atomic E-state index is 0.449. The van der Waals surface area contributed by atoms with E-state index in [1.807, 2.05) is 24.3 Å². The second-order valence-corrected chi connectivity index (χ2v) is 7.66. The summed E-state index contributed by atoms with van der Waals surface area (Å²) >= 11 is 0. The van der Waals surface area contributed by atoms with Crippen LogP contribution in [-0.2, 0) is 4.74 Å². The Labute approximate surface area is 171 Å². The van der Waals surface area contributed by atoms with Gasteiger partial charge in [-0.1, -0.05) is 0 Å². The molecule has 1 aliphatic heterocycles. The summed E-state index contributed by atoms with van der Waals surface area (Å²) in [6.45, 7) is 5.13. The molecule has 1 atom stereocenters. The number of hydrogen-bond acceptors (Lipinski definition) is 8. The molecule has 0 radical (unpaired) electrons. The molecule has 29 heavy (non-hydrogen) atoms. The summed E-state index contributed by atoms with van der Waals surface area (Å²) in [5.74, 6) is 1.64. The predicted octanol–water partition coefficient (Wildman–Crippen LogP) is 1.42. The third-order valence-corrected chi connectivity index (χ3v) is 5.64. The number of benzene rings is 1. The monoisotopic (exact) mass is 398 g/mol. The highest BCUT2D eigenvalue weighted by molar-refractivity contribution is 5.54. The Morgan fingerprint density at radius 2 is 1.90 bits per heavy atom. The third-order valence-electron chi connectivity index (χ3n) is 5.64. The number of anilines is 2. The van der Waals surface area contributed by atoms with Gasteiger partial charge in [-0.25, -0.2) is 9.97 Å². The van der Waals surface area contributed by atoms with Gasteiger partial charge in [0.25, 0.3) is 0 Å². The number of methoxy groups -OCH3 is 1. The third kappa shape index (κ3) is 4.77. The van der Waals surface area contributed by atoms with E-state index in [2.05, 4.69) is 19.8 Å². The van der Waals surface area contributed by atoms with E-state index in [1.54, 1.807) is 13.4 Å². The quantitative estimate of drug-likeness (QED) is 0.508. The van der Waals surface area contributed by atoms with Gasteiger partial charge < -0.3 is 25.8 Å². The number of nitrogens with two attached hydrogens (primary N) is 2. The van der Waals surface area contributed by atoms with Crippen LogP contribution in [0.25, 0.3) is 0 Å². The van der Waals surface area contributed by atoms with E-state index in [1.165, 1.54) is 12.8 Å². The Kier molecular flexibility index (Phi) is 6.13. The largest absolute Gasteiger partial charge is 0.491 e. The van der Waals surface area contributed by atoms with Crippen LogP contribution < -0.4 is 21.1 Å². The van der Waals surface area contributed by atoms with Crippen LogP contribution in [0, 0.1) is 0 Å². The fourth-order valence-electron chi connectivity index (χ4n) is 3.77. The Morgan fingerprint density at radius 3 is 2.62 bits per heavy atom. The first-order valence-electron chi connectivity index (χ1n) is 10.2. The zero-order valence-corrected chi connectivity index (χ0v) is 17.0. The second-order valence-electron chi connectivity index (χ2n) is 7.66. The molecule has 0 amide bonds. The molecular formula is C21H30N6O2. The van der Waals surface area contributed by atoms with Crippen LogP contribution in [0.5, 0.6) is 5.75 Å². The summed E-state index contributed by atoms with van der Waals surface area (Å²) in [4.78, 5) is 13.8. The molecule has 1 aliphatic carbocycles. The molecular weight excluding hydrogens is 368 g/mol. The molecule has 1 aromatic heterocycles. The fourth-order valence-corrected chi connectivity index (χ4v) is 3.77. The van der Waals surface area contributed by atoms with E-state index in [-0.39, 0.29) is 0 Å². The van der Waals surface area contributed by atoms with Gasteiger partial charge in [-0.2, -0.15) is 0 Å². The van der Waals surface area contributed by atoms with Crippen LogP contribution in [0.1, 0.15) is 30.1 Å². The first-order chi connectivity index (χ1) is 14.2. The lowest BCUT2D eigenvalue weighted by Crippen LogP contribution is -2.47. The molecule has 4 rings (SSSR count). The molecule has 8 heteroatoms. The molecule has 0 bridgehead atoms. The van der Waals surface area contributed by atoms with Crippen molar-refractivity contribution < 1.29 is 9.47 Å². The Hall–Kier alpha value is -2.42. The number of hydrogen-bond donors (Lipinski definition) is 2. The van der Waals surface area contributed by atoms with E-state index < -0.39 is 6.04 Å². The van der Waals surface area contributed by atoms with Crippen LogP contribution >= 0.6 is 0 Å². The highest BCUT2D eigenvalue weighted by atomic mass is 16.5. The van der Waals surface area contributed by atoms with Crippen LogP contribution in [0.3, 0.4) is 0 Å². The minimum atomic E-state index is -0.449. The van der Waals surface area contributed by atoms with E-state index in [9.17, 15) is 0 Å². The van der Waals surface area contributed by atoms with Gasteiger partial charge in [0.05, 0.1) is 18.3 Å². The summed E-state index contributed by atoms with van der Waals surface area (Å²) in [5.41, 5.74) is 14.9. The molecule has 1 saturated carbocycles. The first-order valence-corrected chi connectivity index (χ1v) is 10.2. The molecule has 2 aromatic rings. The van der Waals surface area contributed by atoms with Crippen LogP contribution in [0.2, 0.25) is 0 Å². The molecule has 156 valence electrons. The normalized spacial score (nSPS) is 18.6. The maximum Gasteiger partial charge on any atom is 0.132 e. The Balaban J connectivity index is 1.47. The van der Waals surface area contributed by atoms with Crippen molar-refractivity contribution in [2.75, 3.05) is 57.1 Å². The van der Waals surface area contributed by atoms with Crippen molar-refractivity contribution in [1.82, 2.24) is 14.9 Å². The zero-order chi connectivity index (χ0) is 20.2. The van der Waals surface area contributed by atoms with Gasteiger partial charge in [0.1, 0.15) is 24.5 Å². The van der Waals surface area contributed by atoms with Gasteiger partial charge in [-0.15, -0.1) is 0 Å². The van der Waals surface area contributed by atoms with Crippen molar-refractivity contribution in [2.45, 2.75) is 24.9 Å². The van der Waals surface area contributed by atoms with Crippen molar-refractivity contribution in [3.63, 3.8) is 0 Å². The number of piperazine rings is 1. The Morgan fingerprint density at radius 1 is 1.10 bits per heavy atom. The molecule has 1 saturated heterocycles. The number of nitrogen functional groups attached to an aromatic ring is 1. The standard InChI is InChI=1S/C21H30N6O2/c1-28-10-11-29-16-4-5-18(22)17(12-16)21(23)19-13-20(25-14-24-19)27-8-6-26(7-9-27)15-2-3-15/h4-5,12-15,21H,2-3,6-11,22-23H2,1H3. The summed E-state index contributed by atoms with van der Waals surface area (Å²) < 4.78 is 10.7. The van der Waals surface area contributed by atoms with Crippen molar-refractivity contribution in [3.05, 3.63) is 41.9 Å². The lowest BCUT2D eigenvalue weighted by atomic mass is 10.0. The van der Waals surface area contributed by atoms with E-state index in [4.69, 9.17) is 20.9 Å². The maximum absolute atomic E-state index is 6.53. The lowest BCUT2D eigenvalue weighted by molar-refractivity contribution is 0.146. The maximum atomic E-state index is 6.53. The topological polar surface area (TPSA) is 103 Å². The average Bonchev–Trinajstić information content (AvgIpc) is 3.60. The first kappa shape index (κ1) is 19.9. The lowest BCUT2D eigenvalue weighted by Gasteiger charge is -2.35. The van der Waals surface area contributed by atoms with Crippen LogP contribution in [0.15, 0.2) is 30.6 Å². The van der Waals surface area contributed by atoms with Crippen LogP contribution in [-0.4, -0.2) is 67.4 Å². The van der Waals surface area contributed by atoms with E-state index in [0.29, 0.717) is 24.7 Å². The molecule has 1 unspecified atom stereocenters. The van der Waals surface area contributed by atoms with Gasteiger partial charge >= 0.3 is 0 Å². The summed E-state index contributed by atoms with van der Waals surface area (Å²) in [5, 5.41) is 0. The van der Waals surface area contributed by atoms with Crippen molar-refractivity contribution in [1.29, 1.82) is 0 Å². The SMILES string of the molecule is COCCOc1ccc(N)c(C(N)c2cc(N3CCN(C4CC4)CC3)ncn2)c1. The number of ether oxygens (including phenoxy) is 2. The summed E-state index contributed by atoms with van der Waals surface area (Å²) in [6, 6.07) is 7.88. The van der Waals surface area contributed by atoms with Crippen molar-refractivity contribution in [2.24, 2.45) is 5.73 Å². The van der Waals surface area contributed by atoms with Gasteiger partial charge in [0.2, 0.25) is 0 Å². The number of rotatable bonds is 8. The number of aromatic nitrogens is 2.